The molecule has 0 aliphatic heterocycles. The highest BCUT2D eigenvalue weighted by atomic mass is 35.5. The van der Waals surface area contributed by atoms with Gasteiger partial charge in [-0.2, -0.15) is 0 Å². The molecule has 25 heavy (non-hydrogen) atoms. The van der Waals surface area contributed by atoms with Crippen LogP contribution < -0.4 is 10.6 Å². The third-order valence-electron chi connectivity index (χ3n) is 3.93. The zero-order valence-corrected chi connectivity index (χ0v) is 15.8. The molecule has 0 spiro atoms. The Morgan fingerprint density at radius 1 is 1.00 bits per heavy atom. The van der Waals surface area contributed by atoms with E-state index in [0.29, 0.717) is 22.3 Å². The average Bonchev–Trinajstić information content (AvgIpc) is 2.57. The summed E-state index contributed by atoms with van der Waals surface area (Å²) in [6.45, 7) is 5.36. The van der Waals surface area contributed by atoms with Crippen molar-refractivity contribution in [3.8, 4) is 0 Å². The van der Waals surface area contributed by atoms with Gasteiger partial charge in [0.1, 0.15) is 5.41 Å². The minimum absolute atomic E-state index is 0.322. The largest absolute Gasteiger partial charge is 0.351 e. The second-order valence-corrected chi connectivity index (χ2v) is 7.20. The Hall–Kier alpha value is -2.04. The van der Waals surface area contributed by atoms with Crippen molar-refractivity contribution in [1.82, 2.24) is 5.32 Å². The molecule has 0 aliphatic rings. The number of halogens is 2. The number of rotatable bonds is 5. The molecule has 2 aromatic rings. The van der Waals surface area contributed by atoms with Crippen LogP contribution in [0.5, 0.6) is 0 Å². The molecule has 0 atom stereocenters. The Labute approximate surface area is 157 Å². The highest BCUT2D eigenvalue weighted by Crippen LogP contribution is 2.23. The number of hydrogen-bond acceptors (Lipinski definition) is 2. The summed E-state index contributed by atoms with van der Waals surface area (Å²) in [6.07, 6.45) is 0. The first-order chi connectivity index (χ1) is 11.7. The van der Waals surface area contributed by atoms with Gasteiger partial charge in [0, 0.05) is 22.3 Å². The SMILES string of the molecule is Cc1ccc(NC(=O)C(C)(C)C(=O)NCc2ccc(Cl)cc2)cc1Cl. The molecule has 0 fully saturated rings. The Morgan fingerprint density at radius 2 is 1.64 bits per heavy atom. The lowest BCUT2D eigenvalue weighted by molar-refractivity contribution is -0.138. The fourth-order valence-electron chi connectivity index (χ4n) is 2.07. The first kappa shape index (κ1) is 19.3. The summed E-state index contributed by atoms with van der Waals surface area (Å²) in [5, 5.41) is 6.70. The van der Waals surface area contributed by atoms with Crippen molar-refractivity contribution in [2.24, 2.45) is 5.41 Å². The standard InChI is InChI=1S/C19H20Cl2N2O2/c1-12-4-9-15(10-16(12)21)23-18(25)19(2,3)17(24)22-11-13-5-7-14(20)8-6-13/h4-10H,11H2,1-3H3,(H,22,24)(H,23,25). The molecule has 2 N–H and O–H groups in total. The minimum atomic E-state index is -1.23. The molecular weight excluding hydrogens is 359 g/mol. The third-order valence-corrected chi connectivity index (χ3v) is 4.59. The predicted molar refractivity (Wildman–Crippen MR) is 102 cm³/mol. The van der Waals surface area contributed by atoms with Gasteiger partial charge in [0.05, 0.1) is 0 Å². The van der Waals surface area contributed by atoms with E-state index in [2.05, 4.69) is 10.6 Å². The molecule has 0 bridgehead atoms. The third kappa shape index (κ3) is 4.97. The molecule has 2 aromatic carbocycles. The quantitative estimate of drug-likeness (QED) is 0.747. The van der Waals surface area contributed by atoms with Crippen LogP contribution in [0.3, 0.4) is 0 Å². The number of aryl methyl sites for hydroxylation is 1. The van der Waals surface area contributed by atoms with Gasteiger partial charge < -0.3 is 10.6 Å². The highest BCUT2D eigenvalue weighted by Gasteiger charge is 2.36. The lowest BCUT2D eigenvalue weighted by Crippen LogP contribution is -2.44. The Balaban J connectivity index is 2.00. The summed E-state index contributed by atoms with van der Waals surface area (Å²) in [5.41, 5.74) is 1.14. The molecule has 0 aromatic heterocycles. The maximum Gasteiger partial charge on any atom is 0.239 e. The van der Waals surface area contributed by atoms with E-state index in [1.54, 1.807) is 38.1 Å². The Morgan fingerprint density at radius 3 is 2.24 bits per heavy atom. The monoisotopic (exact) mass is 378 g/mol. The molecule has 4 nitrogen and oxygen atoms in total. The minimum Gasteiger partial charge on any atom is -0.351 e. The first-order valence-corrected chi connectivity index (χ1v) is 8.56. The van der Waals surface area contributed by atoms with E-state index in [4.69, 9.17) is 23.2 Å². The maximum atomic E-state index is 12.5. The van der Waals surface area contributed by atoms with Gasteiger partial charge in [0.15, 0.2) is 0 Å². The van der Waals surface area contributed by atoms with E-state index in [-0.39, 0.29) is 5.91 Å². The van der Waals surface area contributed by atoms with Crippen LogP contribution in [0.1, 0.15) is 25.0 Å². The zero-order chi connectivity index (χ0) is 18.6. The first-order valence-electron chi connectivity index (χ1n) is 7.80. The van der Waals surface area contributed by atoms with Crippen LogP contribution in [-0.4, -0.2) is 11.8 Å². The average molecular weight is 379 g/mol. The normalized spacial score (nSPS) is 11.1. The van der Waals surface area contributed by atoms with Gasteiger partial charge in [-0.05, 0) is 56.2 Å². The van der Waals surface area contributed by atoms with Gasteiger partial charge in [-0.15, -0.1) is 0 Å². The van der Waals surface area contributed by atoms with Gasteiger partial charge in [-0.3, -0.25) is 9.59 Å². The molecule has 0 saturated heterocycles. The zero-order valence-electron chi connectivity index (χ0n) is 14.3. The molecule has 6 heteroatoms. The fourth-order valence-corrected chi connectivity index (χ4v) is 2.37. The van der Waals surface area contributed by atoms with E-state index < -0.39 is 11.3 Å². The van der Waals surface area contributed by atoms with Gasteiger partial charge >= 0.3 is 0 Å². The van der Waals surface area contributed by atoms with Crippen molar-refractivity contribution >= 4 is 40.7 Å². The predicted octanol–water partition coefficient (Wildman–Crippen LogP) is 4.58. The van der Waals surface area contributed by atoms with Gasteiger partial charge in [-0.25, -0.2) is 0 Å². The molecular formula is C19H20Cl2N2O2. The van der Waals surface area contributed by atoms with Gasteiger partial charge in [0.25, 0.3) is 0 Å². The highest BCUT2D eigenvalue weighted by molar-refractivity contribution is 6.31. The molecule has 0 radical (unpaired) electrons. The molecule has 2 amide bonds. The van der Waals surface area contributed by atoms with E-state index in [1.807, 2.05) is 25.1 Å². The van der Waals surface area contributed by atoms with E-state index >= 15 is 0 Å². The van der Waals surface area contributed by atoms with E-state index in [0.717, 1.165) is 11.1 Å². The number of nitrogens with one attached hydrogen (secondary N) is 2. The smallest absolute Gasteiger partial charge is 0.239 e. The van der Waals surface area contributed by atoms with Crippen molar-refractivity contribution in [3.63, 3.8) is 0 Å². The summed E-state index contributed by atoms with van der Waals surface area (Å²) >= 11 is 11.9. The second-order valence-electron chi connectivity index (χ2n) is 6.35. The van der Waals surface area contributed by atoms with Crippen LogP contribution in [-0.2, 0) is 16.1 Å². The van der Waals surface area contributed by atoms with Crippen molar-refractivity contribution in [2.75, 3.05) is 5.32 Å². The van der Waals surface area contributed by atoms with Crippen LogP contribution in [0.25, 0.3) is 0 Å². The number of carbonyl (C=O) groups is 2. The summed E-state index contributed by atoms with van der Waals surface area (Å²) in [4.78, 5) is 24.9. The topological polar surface area (TPSA) is 58.2 Å². The van der Waals surface area contributed by atoms with Crippen molar-refractivity contribution in [3.05, 3.63) is 63.6 Å². The number of amides is 2. The van der Waals surface area contributed by atoms with Crippen molar-refractivity contribution in [1.29, 1.82) is 0 Å². The second kappa shape index (κ2) is 7.89. The lowest BCUT2D eigenvalue weighted by Gasteiger charge is -2.23. The van der Waals surface area contributed by atoms with E-state index in [9.17, 15) is 9.59 Å². The molecule has 0 aliphatic carbocycles. The summed E-state index contributed by atoms with van der Waals surface area (Å²) in [6, 6.07) is 12.4. The number of hydrogen-bond donors (Lipinski definition) is 2. The van der Waals surface area contributed by atoms with Crippen LogP contribution in [0, 0.1) is 12.3 Å². The van der Waals surface area contributed by atoms with Gasteiger partial charge in [-0.1, -0.05) is 41.4 Å². The molecule has 2 rings (SSSR count). The number of benzene rings is 2. The van der Waals surface area contributed by atoms with Crippen molar-refractivity contribution in [2.45, 2.75) is 27.3 Å². The van der Waals surface area contributed by atoms with Crippen LogP contribution >= 0.6 is 23.2 Å². The number of carbonyl (C=O) groups excluding carboxylic acids is 2. The molecule has 0 heterocycles. The van der Waals surface area contributed by atoms with E-state index in [1.165, 1.54) is 0 Å². The molecule has 0 saturated carbocycles. The summed E-state index contributed by atoms with van der Waals surface area (Å²) < 4.78 is 0. The fraction of sp³-hybridized carbons (Fsp3) is 0.263. The number of anilines is 1. The Bertz CT molecular complexity index is 787. The van der Waals surface area contributed by atoms with Crippen LogP contribution in [0.4, 0.5) is 5.69 Å². The summed E-state index contributed by atoms with van der Waals surface area (Å²) in [5.74, 6) is -0.765. The molecule has 132 valence electrons. The van der Waals surface area contributed by atoms with Crippen LogP contribution in [0.2, 0.25) is 10.0 Å². The summed E-state index contributed by atoms with van der Waals surface area (Å²) in [7, 11) is 0. The van der Waals surface area contributed by atoms with Gasteiger partial charge in [0.2, 0.25) is 11.8 Å². The maximum absolute atomic E-state index is 12.5. The molecule has 0 unspecified atom stereocenters. The Kier molecular flexibility index (Phi) is 6.09. The van der Waals surface area contributed by atoms with Crippen molar-refractivity contribution < 1.29 is 9.59 Å². The lowest BCUT2D eigenvalue weighted by atomic mass is 9.90. The van der Waals surface area contributed by atoms with Crippen LogP contribution in [0.15, 0.2) is 42.5 Å².